The maximum atomic E-state index is 6.03. The summed E-state index contributed by atoms with van der Waals surface area (Å²) < 4.78 is 6.25. The second-order valence-corrected chi connectivity index (χ2v) is 4.50. The third kappa shape index (κ3) is 2.94. The fourth-order valence-electron chi connectivity index (χ4n) is 1.25. The van der Waals surface area contributed by atoms with Gasteiger partial charge in [0.1, 0.15) is 12.1 Å². The van der Waals surface area contributed by atoms with Gasteiger partial charge in [0.05, 0.1) is 4.47 Å². The van der Waals surface area contributed by atoms with Gasteiger partial charge in [0.25, 0.3) is 0 Å². The molecule has 0 fully saturated rings. The largest absolute Gasteiger partial charge is 0.438 e. The van der Waals surface area contributed by atoms with Crippen LogP contribution in [0.3, 0.4) is 0 Å². The third-order valence-corrected chi connectivity index (χ3v) is 2.99. The molecule has 4 nitrogen and oxygen atoms in total. The van der Waals surface area contributed by atoms with E-state index in [2.05, 4.69) is 25.9 Å². The van der Waals surface area contributed by atoms with E-state index in [1.165, 1.54) is 6.33 Å². The molecule has 1 heterocycles. The maximum absolute atomic E-state index is 6.03. The summed E-state index contributed by atoms with van der Waals surface area (Å²) in [6, 6.07) is 5.33. The molecule has 2 rings (SSSR count). The molecule has 0 amide bonds. The predicted molar refractivity (Wildman–Crippen MR) is 69.1 cm³/mol. The normalized spacial score (nSPS) is 10.3. The molecule has 0 aliphatic heterocycles. The SMILES string of the molecule is NCc1ccc(Oc2ncncc2Br)cc1Cl. The Kier molecular flexibility index (Phi) is 3.93. The van der Waals surface area contributed by atoms with Crippen molar-refractivity contribution in [3.63, 3.8) is 0 Å². The highest BCUT2D eigenvalue weighted by Crippen LogP contribution is 2.29. The van der Waals surface area contributed by atoms with E-state index in [0.29, 0.717) is 27.7 Å². The van der Waals surface area contributed by atoms with Crippen molar-refractivity contribution in [3.05, 3.63) is 45.8 Å². The van der Waals surface area contributed by atoms with Crippen molar-refractivity contribution >= 4 is 27.5 Å². The number of ether oxygens (including phenoxy) is 1. The van der Waals surface area contributed by atoms with Crippen molar-refractivity contribution in [2.75, 3.05) is 0 Å². The summed E-state index contributed by atoms with van der Waals surface area (Å²) in [5.41, 5.74) is 6.40. The van der Waals surface area contributed by atoms with Gasteiger partial charge in [0.2, 0.25) is 5.88 Å². The van der Waals surface area contributed by atoms with Gasteiger partial charge < -0.3 is 10.5 Å². The molecule has 2 N–H and O–H groups in total. The third-order valence-electron chi connectivity index (χ3n) is 2.09. The number of hydrogen-bond acceptors (Lipinski definition) is 4. The molecule has 6 heteroatoms. The fourth-order valence-corrected chi connectivity index (χ4v) is 1.79. The second kappa shape index (κ2) is 5.44. The molecular weight excluding hydrogens is 305 g/mol. The highest BCUT2D eigenvalue weighted by Gasteiger charge is 2.06. The minimum atomic E-state index is 0.399. The molecule has 0 radical (unpaired) electrons. The van der Waals surface area contributed by atoms with Gasteiger partial charge in [0, 0.05) is 17.8 Å². The number of nitrogens with two attached hydrogens (primary N) is 1. The molecule has 1 aromatic carbocycles. The number of benzene rings is 1. The number of nitrogens with zero attached hydrogens (tertiary/aromatic N) is 2. The summed E-state index contributed by atoms with van der Waals surface area (Å²) >= 11 is 9.33. The molecular formula is C11H9BrClN3O. The molecule has 0 bridgehead atoms. The summed E-state index contributed by atoms with van der Waals surface area (Å²) in [7, 11) is 0. The number of halogens is 2. The van der Waals surface area contributed by atoms with E-state index in [0.717, 1.165) is 5.56 Å². The summed E-state index contributed by atoms with van der Waals surface area (Å²) in [6.07, 6.45) is 3.02. The first kappa shape index (κ1) is 12.3. The zero-order chi connectivity index (χ0) is 12.3. The summed E-state index contributed by atoms with van der Waals surface area (Å²) in [5, 5.41) is 0.579. The summed E-state index contributed by atoms with van der Waals surface area (Å²) in [4.78, 5) is 7.85. The Hall–Kier alpha value is -1.17. The van der Waals surface area contributed by atoms with Crippen molar-refractivity contribution in [2.45, 2.75) is 6.54 Å². The maximum Gasteiger partial charge on any atom is 0.236 e. The fraction of sp³-hybridized carbons (Fsp3) is 0.0909. The van der Waals surface area contributed by atoms with E-state index in [1.807, 2.05) is 6.07 Å². The van der Waals surface area contributed by atoms with Gasteiger partial charge in [-0.05, 0) is 33.6 Å². The van der Waals surface area contributed by atoms with E-state index in [9.17, 15) is 0 Å². The molecule has 2 aromatic rings. The second-order valence-electron chi connectivity index (χ2n) is 3.24. The van der Waals surface area contributed by atoms with Crippen LogP contribution in [0.5, 0.6) is 11.6 Å². The van der Waals surface area contributed by atoms with Crippen LogP contribution in [0.25, 0.3) is 0 Å². The molecule has 17 heavy (non-hydrogen) atoms. The standard InChI is InChI=1S/C11H9BrClN3O/c12-9-5-15-6-16-11(9)17-8-2-1-7(4-14)10(13)3-8/h1-3,5-6H,4,14H2. The van der Waals surface area contributed by atoms with Crippen molar-refractivity contribution in [1.29, 1.82) is 0 Å². The first-order valence-electron chi connectivity index (χ1n) is 4.82. The van der Waals surface area contributed by atoms with Crippen molar-refractivity contribution in [2.24, 2.45) is 5.73 Å². The molecule has 0 saturated heterocycles. The van der Waals surface area contributed by atoms with Gasteiger partial charge in [-0.3, -0.25) is 0 Å². The number of hydrogen-bond donors (Lipinski definition) is 1. The minimum absolute atomic E-state index is 0.399. The smallest absolute Gasteiger partial charge is 0.236 e. The predicted octanol–water partition coefficient (Wildman–Crippen LogP) is 3.14. The lowest BCUT2D eigenvalue weighted by molar-refractivity contribution is 0.458. The first-order valence-corrected chi connectivity index (χ1v) is 5.99. The molecule has 0 unspecified atom stereocenters. The van der Waals surface area contributed by atoms with E-state index < -0.39 is 0 Å². The van der Waals surface area contributed by atoms with Crippen LogP contribution in [0.1, 0.15) is 5.56 Å². The minimum Gasteiger partial charge on any atom is -0.438 e. The lowest BCUT2D eigenvalue weighted by Crippen LogP contribution is -1.97. The van der Waals surface area contributed by atoms with Crippen LogP contribution in [0.15, 0.2) is 35.2 Å². The molecule has 1 aromatic heterocycles. The Labute approximate surface area is 112 Å². The quantitative estimate of drug-likeness (QED) is 0.945. The molecule has 0 aliphatic rings. The molecule has 88 valence electrons. The van der Waals surface area contributed by atoms with Gasteiger partial charge in [-0.15, -0.1) is 0 Å². The number of aromatic nitrogens is 2. The van der Waals surface area contributed by atoms with Crippen LogP contribution < -0.4 is 10.5 Å². The summed E-state index contributed by atoms with van der Waals surface area (Å²) in [6.45, 7) is 0.399. The summed E-state index contributed by atoms with van der Waals surface area (Å²) in [5.74, 6) is 1.04. The van der Waals surface area contributed by atoms with Crippen molar-refractivity contribution in [1.82, 2.24) is 9.97 Å². The highest BCUT2D eigenvalue weighted by molar-refractivity contribution is 9.10. The average Bonchev–Trinajstić information content (AvgIpc) is 2.32. The average molecular weight is 315 g/mol. The van der Waals surface area contributed by atoms with E-state index in [4.69, 9.17) is 22.1 Å². The Balaban J connectivity index is 2.25. The van der Waals surface area contributed by atoms with Gasteiger partial charge in [-0.1, -0.05) is 17.7 Å². The van der Waals surface area contributed by atoms with E-state index in [1.54, 1.807) is 18.3 Å². The first-order chi connectivity index (χ1) is 8.20. The zero-order valence-corrected chi connectivity index (χ0v) is 11.1. The van der Waals surface area contributed by atoms with Crippen LogP contribution in [0, 0.1) is 0 Å². The topological polar surface area (TPSA) is 61.0 Å². The van der Waals surface area contributed by atoms with Crippen LogP contribution in [-0.2, 0) is 6.54 Å². The van der Waals surface area contributed by atoms with Crippen LogP contribution in [-0.4, -0.2) is 9.97 Å². The molecule has 0 saturated carbocycles. The Morgan fingerprint density at radius 3 is 2.88 bits per heavy atom. The van der Waals surface area contributed by atoms with Gasteiger partial charge in [0.15, 0.2) is 0 Å². The highest BCUT2D eigenvalue weighted by atomic mass is 79.9. The molecule has 0 spiro atoms. The van der Waals surface area contributed by atoms with E-state index >= 15 is 0 Å². The number of rotatable bonds is 3. The Bertz CT molecular complexity index is 536. The lowest BCUT2D eigenvalue weighted by Gasteiger charge is -2.07. The van der Waals surface area contributed by atoms with Gasteiger partial charge in [-0.25, -0.2) is 9.97 Å². The Morgan fingerprint density at radius 1 is 1.41 bits per heavy atom. The van der Waals surface area contributed by atoms with E-state index in [-0.39, 0.29) is 0 Å². The lowest BCUT2D eigenvalue weighted by atomic mass is 10.2. The van der Waals surface area contributed by atoms with Crippen LogP contribution in [0.2, 0.25) is 5.02 Å². The zero-order valence-electron chi connectivity index (χ0n) is 8.73. The van der Waals surface area contributed by atoms with Gasteiger partial charge >= 0.3 is 0 Å². The van der Waals surface area contributed by atoms with Gasteiger partial charge in [-0.2, -0.15) is 0 Å². The van der Waals surface area contributed by atoms with Crippen LogP contribution in [0.4, 0.5) is 0 Å². The van der Waals surface area contributed by atoms with Crippen molar-refractivity contribution < 1.29 is 4.74 Å². The van der Waals surface area contributed by atoms with Crippen molar-refractivity contribution in [3.8, 4) is 11.6 Å². The molecule has 0 aliphatic carbocycles. The Morgan fingerprint density at radius 2 is 2.24 bits per heavy atom. The molecule has 0 atom stereocenters. The monoisotopic (exact) mass is 313 g/mol. The van der Waals surface area contributed by atoms with Crippen LogP contribution >= 0.6 is 27.5 Å².